The average Bonchev–Trinajstić information content (AvgIpc) is 2.53. The van der Waals surface area contributed by atoms with E-state index < -0.39 is 53.0 Å². The lowest BCUT2D eigenvalue weighted by Gasteiger charge is -2.09. The smallest absolute Gasteiger partial charge is 0.346 e. The molecule has 11 heteroatoms. The van der Waals surface area contributed by atoms with Crippen LogP contribution in [0.1, 0.15) is 0 Å². The monoisotopic (exact) mass is 335 g/mol. The first kappa shape index (κ1) is 16.4. The number of ether oxygens (including phenoxy) is 1. The van der Waals surface area contributed by atoms with E-state index in [0.717, 1.165) is 6.20 Å². The van der Waals surface area contributed by atoms with E-state index in [4.69, 9.17) is 0 Å². The zero-order valence-corrected chi connectivity index (χ0v) is 10.9. The second kappa shape index (κ2) is 6.42. The fraction of sp³-hybridized carbons (Fsp3) is 0.0833. The number of hydrogen-bond donors (Lipinski definition) is 2. The van der Waals surface area contributed by atoms with Crippen molar-refractivity contribution in [2.75, 3.05) is 11.9 Å². The Morgan fingerprint density at radius 2 is 1.65 bits per heavy atom. The number of H-pyrrole nitrogens is 1. The molecule has 0 aliphatic carbocycles. The Kier molecular flexibility index (Phi) is 4.57. The molecule has 122 valence electrons. The van der Waals surface area contributed by atoms with E-state index in [1.165, 1.54) is 6.07 Å². The van der Waals surface area contributed by atoms with E-state index in [1.807, 2.05) is 0 Å². The molecule has 6 nitrogen and oxygen atoms in total. The molecule has 0 unspecified atom stereocenters. The molecule has 0 atom stereocenters. The summed E-state index contributed by atoms with van der Waals surface area (Å²) in [7, 11) is 0. The third-order valence-corrected chi connectivity index (χ3v) is 2.48. The number of hydrogen-bond acceptors (Lipinski definition) is 5. The Morgan fingerprint density at radius 3 is 2.22 bits per heavy atom. The number of aromatic amines is 1. The fourth-order valence-corrected chi connectivity index (χ4v) is 1.46. The molecule has 0 saturated heterocycles. The minimum atomic E-state index is -2.37. The van der Waals surface area contributed by atoms with Crippen LogP contribution < -0.4 is 15.7 Å². The maximum Gasteiger partial charge on any atom is 0.346 e. The number of carbonyl (C=O) groups is 1. The first-order valence-electron chi connectivity index (χ1n) is 5.82. The maximum atomic E-state index is 13.3. The minimum Gasteiger partial charge on any atom is -0.419 e. The second-order valence-electron chi connectivity index (χ2n) is 4.02. The molecule has 2 rings (SSSR count). The third kappa shape index (κ3) is 3.44. The number of halogens is 5. The number of aromatic nitrogens is 2. The topological polar surface area (TPSA) is 84.1 Å². The normalized spacial score (nSPS) is 10.5. The highest BCUT2D eigenvalue weighted by Crippen LogP contribution is 2.29. The van der Waals surface area contributed by atoms with Crippen LogP contribution in [0.15, 0.2) is 17.1 Å². The molecule has 0 aliphatic heterocycles. The maximum absolute atomic E-state index is 13.3. The van der Waals surface area contributed by atoms with Gasteiger partial charge in [-0.1, -0.05) is 0 Å². The van der Waals surface area contributed by atoms with Gasteiger partial charge in [0.15, 0.2) is 0 Å². The van der Waals surface area contributed by atoms with Gasteiger partial charge in [-0.25, -0.2) is 27.7 Å². The van der Waals surface area contributed by atoms with E-state index in [0.29, 0.717) is 0 Å². The summed E-state index contributed by atoms with van der Waals surface area (Å²) in [5, 5.41) is 2.31. The van der Waals surface area contributed by atoms with Crippen LogP contribution in [0, 0.1) is 29.1 Å². The lowest BCUT2D eigenvalue weighted by Crippen LogP contribution is -2.23. The van der Waals surface area contributed by atoms with E-state index in [-0.39, 0.29) is 5.82 Å². The molecular formula is C12H6F5N3O3. The van der Waals surface area contributed by atoms with Crippen LogP contribution in [-0.2, 0) is 4.79 Å². The average molecular weight is 335 g/mol. The lowest BCUT2D eigenvalue weighted by atomic mass is 10.2. The summed E-state index contributed by atoms with van der Waals surface area (Å²) in [5.74, 6) is -14.4. The van der Waals surface area contributed by atoms with Crippen LogP contribution in [0.4, 0.5) is 27.8 Å². The number of benzene rings is 1. The van der Waals surface area contributed by atoms with Gasteiger partial charge in [-0.05, 0) is 6.07 Å². The highest BCUT2D eigenvalue weighted by atomic mass is 19.2. The van der Waals surface area contributed by atoms with Crippen molar-refractivity contribution in [1.82, 2.24) is 9.97 Å². The van der Waals surface area contributed by atoms with Crippen molar-refractivity contribution < 1.29 is 31.5 Å². The van der Waals surface area contributed by atoms with Crippen LogP contribution >= 0.6 is 0 Å². The molecule has 0 saturated carbocycles. The van der Waals surface area contributed by atoms with Crippen molar-refractivity contribution in [2.45, 2.75) is 0 Å². The molecule has 1 heterocycles. The van der Waals surface area contributed by atoms with Crippen LogP contribution in [0.2, 0.25) is 0 Å². The second-order valence-corrected chi connectivity index (χ2v) is 4.02. The Bertz CT molecular complexity index is 795. The first-order valence-corrected chi connectivity index (χ1v) is 5.82. The van der Waals surface area contributed by atoms with E-state index >= 15 is 0 Å². The van der Waals surface area contributed by atoms with Gasteiger partial charge in [0.25, 0.3) is 0 Å². The molecular weight excluding hydrogens is 329 g/mol. The number of nitrogens with one attached hydrogen (secondary N) is 2. The molecule has 0 aliphatic rings. The summed E-state index contributed by atoms with van der Waals surface area (Å²) >= 11 is 0. The number of carbonyl (C=O) groups excluding carboxylic acids is 1. The van der Waals surface area contributed by atoms with Gasteiger partial charge in [0.2, 0.25) is 34.8 Å². The van der Waals surface area contributed by atoms with Gasteiger partial charge >= 0.3 is 11.7 Å². The number of anilines is 1. The number of nitrogens with zero attached hydrogens (tertiary/aromatic N) is 1. The van der Waals surface area contributed by atoms with Crippen LogP contribution in [-0.4, -0.2) is 22.5 Å². The number of rotatable bonds is 4. The summed E-state index contributed by atoms with van der Waals surface area (Å²) in [4.78, 5) is 27.8. The summed E-state index contributed by atoms with van der Waals surface area (Å²) < 4.78 is 69.4. The van der Waals surface area contributed by atoms with Gasteiger partial charge in [-0.15, -0.1) is 0 Å². The molecule has 23 heavy (non-hydrogen) atoms. The molecule has 0 spiro atoms. The summed E-state index contributed by atoms with van der Waals surface area (Å²) in [5.41, 5.74) is -0.733. The van der Waals surface area contributed by atoms with Gasteiger partial charge in [-0.3, -0.25) is 4.98 Å². The zero-order chi connectivity index (χ0) is 17.1. The highest BCUT2D eigenvalue weighted by molar-refractivity contribution is 5.77. The van der Waals surface area contributed by atoms with E-state index in [1.54, 1.807) is 0 Å². The largest absolute Gasteiger partial charge is 0.419 e. The zero-order valence-electron chi connectivity index (χ0n) is 10.9. The summed E-state index contributed by atoms with van der Waals surface area (Å²) in [6, 6.07) is 1.26. The van der Waals surface area contributed by atoms with Crippen LogP contribution in [0.25, 0.3) is 0 Å². The Labute approximate surface area is 123 Å². The first-order chi connectivity index (χ1) is 10.8. The molecule has 2 aromatic rings. The van der Waals surface area contributed by atoms with E-state index in [9.17, 15) is 31.5 Å². The Hall–Kier alpha value is -2.98. The molecule has 1 aromatic carbocycles. The lowest BCUT2D eigenvalue weighted by molar-refractivity contribution is -0.132. The summed E-state index contributed by atoms with van der Waals surface area (Å²) in [6.45, 7) is -0.723. The molecule has 0 radical (unpaired) electrons. The number of esters is 1. The molecule has 1 aromatic heterocycles. The Morgan fingerprint density at radius 1 is 1.09 bits per heavy atom. The SMILES string of the molecule is O=C(CNc1ccnc(=O)[nH]1)Oc1c(F)c(F)c(F)c(F)c1F. The highest BCUT2D eigenvalue weighted by Gasteiger charge is 2.28. The quantitative estimate of drug-likeness (QED) is 0.291. The van der Waals surface area contributed by atoms with Crippen molar-refractivity contribution in [1.29, 1.82) is 0 Å². The van der Waals surface area contributed by atoms with Crippen LogP contribution in [0.5, 0.6) is 5.75 Å². The molecule has 0 fully saturated rings. The van der Waals surface area contributed by atoms with Gasteiger partial charge in [-0.2, -0.15) is 8.78 Å². The molecule has 2 N–H and O–H groups in total. The predicted molar refractivity (Wildman–Crippen MR) is 65.2 cm³/mol. The predicted octanol–water partition coefficient (Wildman–Crippen LogP) is 1.48. The minimum absolute atomic E-state index is 0.0272. The third-order valence-electron chi connectivity index (χ3n) is 2.48. The van der Waals surface area contributed by atoms with Gasteiger partial charge in [0, 0.05) is 6.20 Å². The Balaban J connectivity index is 2.13. The van der Waals surface area contributed by atoms with Crippen molar-refractivity contribution >= 4 is 11.8 Å². The van der Waals surface area contributed by atoms with Crippen molar-refractivity contribution in [3.05, 3.63) is 51.8 Å². The molecule has 0 amide bonds. The fourth-order valence-electron chi connectivity index (χ4n) is 1.46. The van der Waals surface area contributed by atoms with Gasteiger partial charge in [0.1, 0.15) is 12.4 Å². The van der Waals surface area contributed by atoms with Gasteiger partial charge < -0.3 is 10.1 Å². The van der Waals surface area contributed by atoms with Crippen molar-refractivity contribution in [2.24, 2.45) is 0 Å². The van der Waals surface area contributed by atoms with Crippen molar-refractivity contribution in [3.8, 4) is 5.75 Å². The summed E-state index contributed by atoms with van der Waals surface area (Å²) in [6.07, 6.45) is 1.11. The van der Waals surface area contributed by atoms with Crippen molar-refractivity contribution in [3.63, 3.8) is 0 Å². The van der Waals surface area contributed by atoms with E-state index in [2.05, 4.69) is 20.0 Å². The molecule has 0 bridgehead atoms. The standard InChI is InChI=1S/C12H6F5N3O3/c13-6-7(14)9(16)11(10(17)8(6)15)23-5(21)3-19-4-1-2-18-12(22)20-4/h1-2H,3H2,(H2,18,19,20,22). The van der Waals surface area contributed by atoms with Crippen LogP contribution in [0.3, 0.4) is 0 Å². The van der Waals surface area contributed by atoms with Gasteiger partial charge in [0.05, 0.1) is 0 Å².